The molecule has 0 bridgehead atoms. The zero-order valence-corrected chi connectivity index (χ0v) is 11.5. The van der Waals surface area contributed by atoms with Crippen LogP contribution >= 0.6 is 11.6 Å². The molecule has 5 nitrogen and oxygen atoms in total. The lowest BCUT2D eigenvalue weighted by atomic mass is 10.1. The maximum atomic E-state index is 12.2. The number of fused-ring (bicyclic) bond motifs is 1. The van der Waals surface area contributed by atoms with E-state index in [0.29, 0.717) is 23.7 Å². The van der Waals surface area contributed by atoms with Gasteiger partial charge in [-0.3, -0.25) is 19.3 Å². The topological polar surface area (TPSA) is 57.7 Å². The van der Waals surface area contributed by atoms with Crippen LogP contribution in [0.25, 0.3) is 0 Å². The number of imide groups is 1. The summed E-state index contributed by atoms with van der Waals surface area (Å²) in [5.41, 5.74) is 0.588. The minimum atomic E-state index is -0.444. The van der Waals surface area contributed by atoms with Crippen LogP contribution in [0.3, 0.4) is 0 Å². The summed E-state index contributed by atoms with van der Waals surface area (Å²) in [6, 6.07) is 4.56. The molecule has 104 valence electrons. The maximum Gasteiger partial charge on any atom is 0.262 e. The van der Waals surface area contributed by atoms with Crippen LogP contribution in [0, 0.1) is 0 Å². The van der Waals surface area contributed by atoms with Gasteiger partial charge in [0.15, 0.2) is 0 Å². The van der Waals surface area contributed by atoms with Crippen molar-refractivity contribution in [1.82, 2.24) is 9.80 Å². The monoisotopic (exact) mass is 292 g/mol. The molecule has 0 aliphatic carbocycles. The molecule has 20 heavy (non-hydrogen) atoms. The highest BCUT2D eigenvalue weighted by atomic mass is 35.5. The Morgan fingerprint density at radius 1 is 1.10 bits per heavy atom. The molecule has 0 N–H and O–H groups in total. The number of hydrogen-bond donors (Lipinski definition) is 0. The van der Waals surface area contributed by atoms with Gasteiger partial charge in [-0.05, 0) is 31.0 Å². The fraction of sp³-hybridized carbons (Fsp3) is 0.357. The van der Waals surface area contributed by atoms with Crippen LogP contribution in [-0.4, -0.2) is 47.2 Å². The Balaban J connectivity index is 1.81. The highest BCUT2D eigenvalue weighted by Crippen LogP contribution is 2.25. The second kappa shape index (κ2) is 4.90. The molecule has 1 aromatic rings. The summed E-state index contributed by atoms with van der Waals surface area (Å²) in [6.07, 6.45) is 1.95. The molecule has 0 saturated carbocycles. The molecule has 6 heteroatoms. The normalized spacial score (nSPS) is 17.9. The predicted octanol–water partition coefficient (Wildman–Crippen LogP) is 1.56. The van der Waals surface area contributed by atoms with Crippen molar-refractivity contribution in [3.63, 3.8) is 0 Å². The number of amides is 3. The molecule has 2 aliphatic heterocycles. The van der Waals surface area contributed by atoms with E-state index in [0.717, 1.165) is 17.7 Å². The highest BCUT2D eigenvalue weighted by molar-refractivity contribution is 6.32. The molecule has 2 heterocycles. The quantitative estimate of drug-likeness (QED) is 0.777. The van der Waals surface area contributed by atoms with E-state index >= 15 is 0 Å². The predicted molar refractivity (Wildman–Crippen MR) is 72.6 cm³/mol. The third kappa shape index (κ3) is 2.08. The number of rotatable bonds is 2. The Morgan fingerprint density at radius 3 is 2.45 bits per heavy atom. The molecule has 0 radical (unpaired) electrons. The van der Waals surface area contributed by atoms with Gasteiger partial charge in [0.05, 0.1) is 11.1 Å². The summed E-state index contributed by atoms with van der Waals surface area (Å²) in [6.45, 7) is 1.21. The molecule has 0 atom stereocenters. The van der Waals surface area contributed by atoms with Crippen LogP contribution in [-0.2, 0) is 4.79 Å². The molecule has 0 unspecified atom stereocenters. The standard InChI is InChI=1S/C14H13ClN2O3/c15-9-3-4-10-11(7-9)14(20)17(13(10)19)8-12(18)16-5-1-2-6-16/h3-4,7H,1-2,5-6,8H2. The molecule has 0 aromatic heterocycles. The van der Waals surface area contributed by atoms with Gasteiger partial charge in [0, 0.05) is 18.1 Å². The van der Waals surface area contributed by atoms with E-state index in [9.17, 15) is 14.4 Å². The molecular formula is C14H13ClN2O3. The van der Waals surface area contributed by atoms with Crippen LogP contribution in [0.5, 0.6) is 0 Å². The van der Waals surface area contributed by atoms with E-state index in [-0.39, 0.29) is 18.0 Å². The van der Waals surface area contributed by atoms with E-state index in [4.69, 9.17) is 11.6 Å². The Hall–Kier alpha value is -1.88. The van der Waals surface area contributed by atoms with E-state index in [1.165, 1.54) is 12.1 Å². The third-order valence-electron chi connectivity index (χ3n) is 3.68. The first-order valence-electron chi connectivity index (χ1n) is 6.51. The van der Waals surface area contributed by atoms with Crippen molar-refractivity contribution < 1.29 is 14.4 Å². The summed E-state index contributed by atoms with van der Waals surface area (Å²) >= 11 is 5.84. The van der Waals surface area contributed by atoms with Crippen molar-refractivity contribution in [2.75, 3.05) is 19.6 Å². The second-order valence-corrected chi connectivity index (χ2v) is 5.41. The Bertz CT molecular complexity index is 608. The lowest BCUT2D eigenvalue weighted by molar-refractivity contribution is -0.130. The number of carbonyl (C=O) groups excluding carboxylic acids is 3. The smallest absolute Gasteiger partial charge is 0.262 e. The van der Waals surface area contributed by atoms with Crippen molar-refractivity contribution in [3.05, 3.63) is 34.3 Å². The van der Waals surface area contributed by atoms with Gasteiger partial charge in [0.1, 0.15) is 6.54 Å². The molecule has 0 spiro atoms. The Morgan fingerprint density at radius 2 is 1.75 bits per heavy atom. The van der Waals surface area contributed by atoms with E-state index < -0.39 is 11.8 Å². The van der Waals surface area contributed by atoms with Gasteiger partial charge in [-0.1, -0.05) is 11.6 Å². The van der Waals surface area contributed by atoms with Gasteiger partial charge in [-0.15, -0.1) is 0 Å². The van der Waals surface area contributed by atoms with Gasteiger partial charge in [0.2, 0.25) is 5.91 Å². The van der Waals surface area contributed by atoms with Crippen molar-refractivity contribution in [2.45, 2.75) is 12.8 Å². The number of carbonyl (C=O) groups is 3. The fourth-order valence-corrected chi connectivity index (χ4v) is 2.78. The SMILES string of the molecule is O=C(CN1C(=O)c2ccc(Cl)cc2C1=O)N1CCCC1. The van der Waals surface area contributed by atoms with Crippen LogP contribution in [0.4, 0.5) is 0 Å². The first-order valence-corrected chi connectivity index (χ1v) is 6.89. The van der Waals surface area contributed by atoms with Crippen LogP contribution in [0.15, 0.2) is 18.2 Å². The lowest BCUT2D eigenvalue weighted by Crippen LogP contribution is -2.41. The van der Waals surface area contributed by atoms with Crippen molar-refractivity contribution in [2.24, 2.45) is 0 Å². The third-order valence-corrected chi connectivity index (χ3v) is 3.92. The number of nitrogens with zero attached hydrogens (tertiary/aromatic N) is 2. The zero-order valence-electron chi connectivity index (χ0n) is 10.8. The number of likely N-dealkylation sites (tertiary alicyclic amines) is 1. The summed E-state index contributed by atoms with van der Waals surface area (Å²) in [5, 5.41) is 0.401. The first kappa shape index (κ1) is 13.1. The van der Waals surface area contributed by atoms with Gasteiger partial charge in [-0.25, -0.2) is 0 Å². The first-order chi connectivity index (χ1) is 9.58. The number of halogens is 1. The summed E-state index contributed by atoms with van der Waals surface area (Å²) in [4.78, 5) is 39.1. The summed E-state index contributed by atoms with van der Waals surface area (Å²) in [7, 11) is 0. The molecule has 3 amide bonds. The van der Waals surface area contributed by atoms with Gasteiger partial charge in [-0.2, -0.15) is 0 Å². The largest absolute Gasteiger partial charge is 0.341 e. The summed E-state index contributed by atoms with van der Waals surface area (Å²) < 4.78 is 0. The lowest BCUT2D eigenvalue weighted by Gasteiger charge is -2.19. The van der Waals surface area contributed by atoms with Crippen molar-refractivity contribution in [3.8, 4) is 0 Å². The average molecular weight is 293 g/mol. The molecule has 3 rings (SSSR count). The summed E-state index contributed by atoms with van der Waals surface area (Å²) in [5.74, 6) is -1.04. The van der Waals surface area contributed by atoms with Crippen LogP contribution in [0.2, 0.25) is 5.02 Å². The minimum Gasteiger partial charge on any atom is -0.341 e. The molecular weight excluding hydrogens is 280 g/mol. The number of hydrogen-bond acceptors (Lipinski definition) is 3. The van der Waals surface area contributed by atoms with E-state index in [1.807, 2.05) is 0 Å². The molecule has 1 fully saturated rings. The molecule has 1 aromatic carbocycles. The second-order valence-electron chi connectivity index (χ2n) is 4.97. The van der Waals surface area contributed by atoms with Crippen LogP contribution < -0.4 is 0 Å². The van der Waals surface area contributed by atoms with Gasteiger partial charge < -0.3 is 4.90 Å². The molecule has 2 aliphatic rings. The van der Waals surface area contributed by atoms with E-state index in [2.05, 4.69) is 0 Å². The highest BCUT2D eigenvalue weighted by Gasteiger charge is 2.37. The van der Waals surface area contributed by atoms with Gasteiger partial charge >= 0.3 is 0 Å². The molecule has 1 saturated heterocycles. The Kier molecular flexibility index (Phi) is 3.22. The van der Waals surface area contributed by atoms with Crippen molar-refractivity contribution in [1.29, 1.82) is 0 Å². The minimum absolute atomic E-state index is 0.178. The fourth-order valence-electron chi connectivity index (χ4n) is 2.61. The zero-order chi connectivity index (χ0) is 14.3. The Labute approximate surface area is 121 Å². The van der Waals surface area contributed by atoms with Crippen molar-refractivity contribution >= 4 is 29.3 Å². The number of benzene rings is 1. The average Bonchev–Trinajstić information content (AvgIpc) is 3.03. The van der Waals surface area contributed by atoms with E-state index in [1.54, 1.807) is 11.0 Å². The van der Waals surface area contributed by atoms with Crippen LogP contribution in [0.1, 0.15) is 33.6 Å². The maximum absolute atomic E-state index is 12.2. The van der Waals surface area contributed by atoms with Gasteiger partial charge in [0.25, 0.3) is 11.8 Å².